The summed E-state index contributed by atoms with van der Waals surface area (Å²) in [6.45, 7) is -5.44. The number of pyridine rings is 1. The number of hydrogen-bond donors (Lipinski definition) is 1. The number of rotatable bonds is 5. The molecule has 0 aliphatic carbocycles. The summed E-state index contributed by atoms with van der Waals surface area (Å²) in [5.74, 6) is -0.718. The molecule has 0 aliphatic heterocycles. The molecular formula is C17H16FN3O2S. The maximum absolute atomic E-state index is 14.4. The molecule has 2 aromatic heterocycles. The van der Waals surface area contributed by atoms with Gasteiger partial charge in [-0.15, -0.1) is 0 Å². The Morgan fingerprint density at radius 3 is 2.88 bits per heavy atom. The lowest BCUT2D eigenvalue weighted by molar-refractivity contribution is 0.587. The van der Waals surface area contributed by atoms with Gasteiger partial charge in [0.05, 0.1) is 5.69 Å². The van der Waals surface area contributed by atoms with E-state index < -0.39 is 29.3 Å². The average molecular weight is 350 g/mol. The highest BCUT2D eigenvalue weighted by Crippen LogP contribution is 2.28. The van der Waals surface area contributed by atoms with Crippen molar-refractivity contribution >= 4 is 10.0 Å². The third-order valence-corrected chi connectivity index (χ3v) is 4.99. The highest BCUT2D eigenvalue weighted by molar-refractivity contribution is 7.90. The number of nitrogens with zero attached hydrogens (tertiary/aromatic N) is 2. The third kappa shape index (κ3) is 2.95. The van der Waals surface area contributed by atoms with Gasteiger partial charge in [0.1, 0.15) is 10.7 Å². The molecule has 0 atom stereocenters. The van der Waals surface area contributed by atoms with E-state index in [9.17, 15) is 12.8 Å². The van der Waals surface area contributed by atoms with Gasteiger partial charge in [0.25, 0.3) is 10.0 Å². The van der Waals surface area contributed by atoms with Crippen molar-refractivity contribution < 1.29 is 19.7 Å². The second-order valence-electron chi connectivity index (χ2n) is 4.83. The molecule has 124 valence electrons. The van der Waals surface area contributed by atoms with E-state index in [1.807, 2.05) is 5.32 Å². The Balaban J connectivity index is 2.25. The van der Waals surface area contributed by atoms with E-state index in [1.165, 1.54) is 36.5 Å². The van der Waals surface area contributed by atoms with Crippen LogP contribution in [0.1, 0.15) is 12.4 Å². The lowest BCUT2D eigenvalue weighted by Crippen LogP contribution is -2.14. The van der Waals surface area contributed by atoms with Gasteiger partial charge in [-0.05, 0) is 42.9 Å². The van der Waals surface area contributed by atoms with Crippen molar-refractivity contribution in [2.24, 2.45) is 0 Å². The summed E-state index contributed by atoms with van der Waals surface area (Å²) >= 11 is 0. The van der Waals surface area contributed by atoms with Crippen LogP contribution in [-0.2, 0) is 16.5 Å². The molecule has 3 aromatic rings. The first-order chi connectivity index (χ1) is 13.4. The topological polar surface area (TPSA) is 64.0 Å². The number of hydrogen-bond acceptors (Lipinski definition) is 4. The number of aromatic nitrogens is 2. The van der Waals surface area contributed by atoms with Crippen molar-refractivity contribution in [2.75, 3.05) is 6.98 Å². The first kappa shape index (κ1) is 11.1. The molecule has 3 rings (SSSR count). The van der Waals surface area contributed by atoms with Gasteiger partial charge in [0, 0.05) is 37.5 Å². The van der Waals surface area contributed by atoms with Crippen molar-refractivity contribution in [3.05, 3.63) is 72.4 Å². The number of nitrogens with one attached hydrogen (secondary N) is 1. The van der Waals surface area contributed by atoms with Gasteiger partial charge in [0.15, 0.2) is 0 Å². The van der Waals surface area contributed by atoms with Crippen LogP contribution in [0.3, 0.4) is 0 Å². The maximum atomic E-state index is 14.4. The van der Waals surface area contributed by atoms with Gasteiger partial charge >= 0.3 is 0 Å². The second-order valence-corrected chi connectivity index (χ2v) is 6.65. The largest absolute Gasteiger partial charge is 0.316 e. The molecular weight excluding hydrogens is 329 g/mol. The molecule has 24 heavy (non-hydrogen) atoms. The summed E-state index contributed by atoms with van der Waals surface area (Å²) in [6.07, 6.45) is 3.43. The summed E-state index contributed by atoms with van der Waals surface area (Å²) in [5.41, 5.74) is -0.534. The van der Waals surface area contributed by atoms with Gasteiger partial charge in [-0.3, -0.25) is 4.98 Å². The summed E-state index contributed by atoms with van der Waals surface area (Å²) in [7, 11) is -4.27. The fraction of sp³-hybridized carbons (Fsp3) is 0.118. The van der Waals surface area contributed by atoms with Gasteiger partial charge in [-0.1, -0.05) is 12.1 Å². The molecule has 5 nitrogen and oxygen atoms in total. The van der Waals surface area contributed by atoms with E-state index in [1.54, 1.807) is 0 Å². The van der Waals surface area contributed by atoms with Crippen LogP contribution in [0, 0.1) is 5.82 Å². The van der Waals surface area contributed by atoms with Crippen molar-refractivity contribution in [1.82, 2.24) is 14.3 Å². The van der Waals surface area contributed by atoms with Crippen LogP contribution < -0.4 is 5.32 Å². The molecule has 0 unspecified atom stereocenters. The van der Waals surface area contributed by atoms with Gasteiger partial charge in [-0.25, -0.2) is 16.8 Å². The van der Waals surface area contributed by atoms with Gasteiger partial charge in [0.2, 0.25) is 0 Å². The molecule has 0 bridgehead atoms. The Labute approximate surface area is 146 Å². The van der Waals surface area contributed by atoms with Crippen LogP contribution in [0.4, 0.5) is 4.39 Å². The van der Waals surface area contributed by atoms with Crippen molar-refractivity contribution in [3.8, 4) is 11.3 Å². The van der Waals surface area contributed by atoms with E-state index in [2.05, 4.69) is 4.98 Å². The molecule has 0 saturated heterocycles. The summed E-state index contributed by atoms with van der Waals surface area (Å²) in [4.78, 5) is 3.58. The molecule has 0 aliphatic rings. The quantitative estimate of drug-likeness (QED) is 0.768. The van der Waals surface area contributed by atoms with Crippen LogP contribution in [0.25, 0.3) is 11.3 Å². The minimum absolute atomic E-state index is 0.0871. The van der Waals surface area contributed by atoms with Crippen molar-refractivity contribution in [3.63, 3.8) is 0 Å². The summed E-state index contributed by atoms with van der Waals surface area (Å²) in [5, 5.41) is 1.83. The predicted octanol–water partition coefficient (Wildman–Crippen LogP) is 2.65. The molecule has 0 fully saturated rings. The molecule has 1 N–H and O–H groups in total. The Kier molecular flexibility index (Phi) is 3.03. The highest BCUT2D eigenvalue weighted by atomic mass is 32.2. The first-order valence-electron chi connectivity index (χ1n) is 9.34. The minimum atomic E-state index is -4.27. The van der Waals surface area contributed by atoms with Crippen molar-refractivity contribution in [1.29, 1.82) is 0 Å². The van der Waals surface area contributed by atoms with Crippen LogP contribution in [-0.4, -0.2) is 24.4 Å². The summed E-state index contributed by atoms with van der Waals surface area (Å²) < 4.78 is 79.1. The van der Waals surface area contributed by atoms with Crippen LogP contribution in [0.15, 0.2) is 66.0 Å². The van der Waals surface area contributed by atoms with Crippen molar-refractivity contribution in [2.45, 2.75) is 11.4 Å². The average Bonchev–Trinajstić information content (AvgIpc) is 3.08. The molecule has 0 spiro atoms. The molecule has 0 amide bonds. The predicted molar refractivity (Wildman–Crippen MR) is 89.4 cm³/mol. The second kappa shape index (κ2) is 6.54. The maximum Gasteiger partial charge on any atom is 0.269 e. The molecule has 1 aromatic carbocycles. The van der Waals surface area contributed by atoms with E-state index in [4.69, 9.17) is 6.85 Å². The highest BCUT2D eigenvalue weighted by Gasteiger charge is 2.23. The van der Waals surface area contributed by atoms with E-state index >= 15 is 0 Å². The Hall–Kier alpha value is -2.51. The van der Waals surface area contributed by atoms with Crippen LogP contribution >= 0.6 is 0 Å². The minimum Gasteiger partial charge on any atom is -0.316 e. The molecule has 7 heteroatoms. The van der Waals surface area contributed by atoms with E-state index in [0.717, 1.165) is 28.5 Å². The lowest BCUT2D eigenvalue weighted by Gasteiger charge is -2.10. The smallest absolute Gasteiger partial charge is 0.269 e. The summed E-state index contributed by atoms with van der Waals surface area (Å²) in [6, 6.07) is 9.22. The Morgan fingerprint density at radius 1 is 1.33 bits per heavy atom. The SMILES string of the molecule is [2H]C([2H])([2H])NC([2H])([2H])c1cc(-c2ccccc2F)n(S(=O)(=O)c2cccnc2)c1. The zero-order chi connectivity index (χ0) is 21.4. The van der Waals surface area contributed by atoms with Crippen LogP contribution in [0.5, 0.6) is 0 Å². The number of benzene rings is 1. The molecule has 0 saturated carbocycles. The fourth-order valence-corrected chi connectivity index (χ4v) is 3.60. The van der Waals surface area contributed by atoms with E-state index in [-0.39, 0.29) is 21.7 Å². The molecule has 2 heterocycles. The lowest BCUT2D eigenvalue weighted by atomic mass is 10.1. The Morgan fingerprint density at radius 2 is 2.17 bits per heavy atom. The third-order valence-electron chi connectivity index (χ3n) is 3.33. The van der Waals surface area contributed by atoms with Gasteiger partial charge in [-0.2, -0.15) is 0 Å². The van der Waals surface area contributed by atoms with Crippen LogP contribution in [0.2, 0.25) is 0 Å². The number of halogens is 1. The zero-order valence-corrected chi connectivity index (χ0v) is 13.1. The molecule has 0 radical (unpaired) electrons. The zero-order valence-electron chi connectivity index (χ0n) is 17.3. The normalized spacial score (nSPS) is 15.8. The first-order valence-corrected chi connectivity index (χ1v) is 8.28. The Bertz CT molecular complexity index is 1130. The standard InChI is InChI=1S/C17H16FN3O2S/c1-19-10-13-9-17(15-6-2-3-7-16(15)18)21(12-13)24(22,23)14-5-4-8-20-11-14/h2-9,11-12,19H,10H2,1H3/i1D3,10D2. The fourth-order valence-electron chi connectivity index (χ4n) is 2.26. The monoisotopic (exact) mass is 350 g/mol. The van der Waals surface area contributed by atoms with E-state index in [0.29, 0.717) is 0 Å². The van der Waals surface area contributed by atoms with Gasteiger partial charge < -0.3 is 5.32 Å².